The molecule has 0 bridgehead atoms. The lowest BCUT2D eigenvalue weighted by atomic mass is 10.0. The quantitative estimate of drug-likeness (QED) is 0.676. The second-order valence-corrected chi connectivity index (χ2v) is 8.23. The molecule has 6 heteroatoms. The number of hydrogen-bond donors (Lipinski definition) is 0. The molecule has 2 aliphatic rings. The van der Waals surface area contributed by atoms with Gasteiger partial charge in [0, 0.05) is 22.9 Å². The summed E-state index contributed by atoms with van der Waals surface area (Å²) in [6.45, 7) is 2.16. The minimum atomic E-state index is 0.112. The molecule has 142 valence electrons. The summed E-state index contributed by atoms with van der Waals surface area (Å²) < 4.78 is 11.5. The molecule has 1 fully saturated rings. The van der Waals surface area contributed by atoms with Crippen molar-refractivity contribution < 1.29 is 14.3 Å². The van der Waals surface area contributed by atoms with E-state index in [2.05, 4.69) is 6.07 Å². The molecule has 1 atom stereocenters. The van der Waals surface area contributed by atoms with E-state index in [9.17, 15) is 4.79 Å². The van der Waals surface area contributed by atoms with E-state index in [-0.39, 0.29) is 11.9 Å². The molecule has 0 aliphatic carbocycles. The van der Waals surface area contributed by atoms with Crippen molar-refractivity contribution >= 4 is 29.3 Å². The Morgan fingerprint density at radius 1 is 1.07 bits per heavy atom. The van der Waals surface area contributed by atoms with Gasteiger partial charge in [0.2, 0.25) is 5.91 Å². The van der Waals surface area contributed by atoms with E-state index in [1.807, 2.05) is 41.3 Å². The third-order valence-corrected chi connectivity index (χ3v) is 6.15. The molecule has 2 aliphatic heterocycles. The Hall–Kier alpha value is -1.85. The molecule has 2 aromatic carbocycles. The maximum Gasteiger partial charge on any atom is 0.233 e. The average molecular weight is 404 g/mol. The first-order valence-corrected chi connectivity index (χ1v) is 10.6. The summed E-state index contributed by atoms with van der Waals surface area (Å²) in [5, 5.41) is 0.708. The molecule has 0 aromatic heterocycles. The van der Waals surface area contributed by atoms with Gasteiger partial charge in [-0.1, -0.05) is 17.7 Å². The Kier molecular flexibility index (Phi) is 5.79. The molecule has 0 spiro atoms. The van der Waals surface area contributed by atoms with Crippen LogP contribution in [0.5, 0.6) is 11.5 Å². The van der Waals surface area contributed by atoms with Crippen LogP contribution in [0.2, 0.25) is 5.02 Å². The van der Waals surface area contributed by atoms with Crippen LogP contribution in [0, 0.1) is 0 Å². The van der Waals surface area contributed by atoms with Gasteiger partial charge in [-0.25, -0.2) is 0 Å². The number of rotatable bonds is 4. The molecule has 4 rings (SSSR count). The van der Waals surface area contributed by atoms with Crippen molar-refractivity contribution in [2.75, 3.05) is 25.5 Å². The summed E-state index contributed by atoms with van der Waals surface area (Å²) in [5.74, 6) is 2.19. The normalized spacial score (nSPS) is 19.0. The first kappa shape index (κ1) is 18.5. The molecular weight excluding hydrogens is 382 g/mol. The van der Waals surface area contributed by atoms with Crippen LogP contribution >= 0.6 is 23.4 Å². The van der Waals surface area contributed by atoms with E-state index in [0.29, 0.717) is 24.0 Å². The van der Waals surface area contributed by atoms with Crippen molar-refractivity contribution in [3.8, 4) is 11.5 Å². The predicted octanol–water partition coefficient (Wildman–Crippen LogP) is 4.96. The monoisotopic (exact) mass is 403 g/mol. The molecule has 4 nitrogen and oxygen atoms in total. The van der Waals surface area contributed by atoms with Crippen molar-refractivity contribution in [2.45, 2.75) is 30.2 Å². The topological polar surface area (TPSA) is 38.8 Å². The zero-order valence-electron chi connectivity index (χ0n) is 15.0. The maximum atomic E-state index is 12.8. The van der Waals surface area contributed by atoms with Gasteiger partial charge in [-0.2, -0.15) is 0 Å². The number of thioether (sulfide) groups is 1. The molecule has 0 saturated carbocycles. The van der Waals surface area contributed by atoms with E-state index < -0.39 is 0 Å². The summed E-state index contributed by atoms with van der Waals surface area (Å²) in [4.78, 5) is 15.9. The lowest BCUT2D eigenvalue weighted by Gasteiger charge is -2.25. The van der Waals surface area contributed by atoms with Gasteiger partial charge in [0.1, 0.15) is 0 Å². The summed E-state index contributed by atoms with van der Waals surface area (Å²) in [5.41, 5.74) is 1.13. The first-order chi connectivity index (χ1) is 13.2. The molecule has 1 unspecified atom stereocenters. The fourth-order valence-electron chi connectivity index (χ4n) is 3.56. The van der Waals surface area contributed by atoms with E-state index in [4.69, 9.17) is 21.1 Å². The summed E-state index contributed by atoms with van der Waals surface area (Å²) >= 11 is 7.47. The summed E-state index contributed by atoms with van der Waals surface area (Å²) in [6.07, 6.45) is 2.90. The zero-order chi connectivity index (χ0) is 18.6. The van der Waals surface area contributed by atoms with Crippen molar-refractivity contribution in [3.05, 3.63) is 53.1 Å². The number of carbonyl (C=O) groups excluding carboxylic acids is 1. The average Bonchev–Trinajstić information content (AvgIpc) is 3.06. The van der Waals surface area contributed by atoms with Gasteiger partial charge in [0.25, 0.3) is 0 Å². The van der Waals surface area contributed by atoms with Crippen molar-refractivity contribution in [1.29, 1.82) is 0 Å². The SMILES string of the molecule is O=C(CSc1ccc(Cl)cc1)N1CCCC1c1ccc2c(c1)OCCCO2. The van der Waals surface area contributed by atoms with Crippen LogP contribution < -0.4 is 9.47 Å². The van der Waals surface area contributed by atoms with Crippen LogP contribution in [0.3, 0.4) is 0 Å². The largest absolute Gasteiger partial charge is 0.490 e. The number of hydrogen-bond acceptors (Lipinski definition) is 4. The number of benzene rings is 2. The number of halogens is 1. The van der Waals surface area contributed by atoms with Gasteiger partial charge in [0.15, 0.2) is 11.5 Å². The number of ether oxygens (including phenoxy) is 2. The Morgan fingerprint density at radius 3 is 2.67 bits per heavy atom. The number of amides is 1. The Bertz CT molecular complexity index is 812. The van der Waals surface area contributed by atoms with Gasteiger partial charge in [-0.3, -0.25) is 4.79 Å². The predicted molar refractivity (Wildman–Crippen MR) is 108 cm³/mol. The minimum Gasteiger partial charge on any atom is -0.490 e. The van der Waals surface area contributed by atoms with Gasteiger partial charge in [-0.15, -0.1) is 11.8 Å². The molecule has 1 amide bonds. The first-order valence-electron chi connectivity index (χ1n) is 9.28. The van der Waals surface area contributed by atoms with E-state index in [1.54, 1.807) is 11.8 Å². The minimum absolute atomic E-state index is 0.112. The second-order valence-electron chi connectivity index (χ2n) is 6.74. The lowest BCUT2D eigenvalue weighted by Crippen LogP contribution is -2.32. The molecular formula is C21H22ClNO3S. The van der Waals surface area contributed by atoms with Gasteiger partial charge in [0.05, 0.1) is 25.0 Å². The number of likely N-dealkylation sites (tertiary alicyclic amines) is 1. The van der Waals surface area contributed by atoms with Crippen LogP contribution in [0.25, 0.3) is 0 Å². The molecule has 0 N–H and O–H groups in total. The Labute approximate surface area is 168 Å². The lowest BCUT2D eigenvalue weighted by molar-refractivity contribution is -0.129. The number of nitrogens with zero attached hydrogens (tertiary/aromatic N) is 1. The Balaban J connectivity index is 1.44. The molecule has 0 radical (unpaired) electrons. The number of carbonyl (C=O) groups is 1. The third-order valence-electron chi connectivity index (χ3n) is 4.91. The van der Waals surface area contributed by atoms with Gasteiger partial charge < -0.3 is 14.4 Å². The van der Waals surface area contributed by atoms with Crippen molar-refractivity contribution in [1.82, 2.24) is 4.90 Å². The molecule has 2 aromatic rings. The van der Waals surface area contributed by atoms with Crippen LogP contribution in [0.1, 0.15) is 30.9 Å². The van der Waals surface area contributed by atoms with E-state index in [1.165, 1.54) is 0 Å². The van der Waals surface area contributed by atoms with Gasteiger partial charge >= 0.3 is 0 Å². The molecule has 2 heterocycles. The molecule has 1 saturated heterocycles. The van der Waals surface area contributed by atoms with Crippen LogP contribution in [-0.4, -0.2) is 36.3 Å². The number of fused-ring (bicyclic) bond motifs is 1. The third kappa shape index (κ3) is 4.36. The summed E-state index contributed by atoms with van der Waals surface area (Å²) in [7, 11) is 0. The second kappa shape index (κ2) is 8.44. The highest BCUT2D eigenvalue weighted by Gasteiger charge is 2.30. The van der Waals surface area contributed by atoms with Crippen LogP contribution in [-0.2, 0) is 4.79 Å². The van der Waals surface area contributed by atoms with E-state index in [0.717, 1.165) is 47.8 Å². The smallest absolute Gasteiger partial charge is 0.233 e. The zero-order valence-corrected chi connectivity index (χ0v) is 16.6. The van der Waals surface area contributed by atoms with Crippen molar-refractivity contribution in [3.63, 3.8) is 0 Å². The van der Waals surface area contributed by atoms with Crippen LogP contribution in [0.4, 0.5) is 0 Å². The van der Waals surface area contributed by atoms with Crippen LogP contribution in [0.15, 0.2) is 47.4 Å². The standard InChI is InChI=1S/C21H22ClNO3S/c22-16-5-7-17(8-6-16)27-14-21(24)23-10-1-3-18(23)15-4-9-19-20(13-15)26-12-2-11-25-19/h4-9,13,18H,1-3,10-12,14H2. The maximum absolute atomic E-state index is 12.8. The Morgan fingerprint density at radius 2 is 1.85 bits per heavy atom. The van der Waals surface area contributed by atoms with Gasteiger partial charge in [-0.05, 0) is 54.8 Å². The highest BCUT2D eigenvalue weighted by molar-refractivity contribution is 8.00. The highest BCUT2D eigenvalue weighted by Crippen LogP contribution is 2.38. The summed E-state index contributed by atoms with van der Waals surface area (Å²) in [6, 6.07) is 13.8. The van der Waals surface area contributed by atoms with E-state index >= 15 is 0 Å². The van der Waals surface area contributed by atoms with Crippen molar-refractivity contribution in [2.24, 2.45) is 0 Å². The molecule has 27 heavy (non-hydrogen) atoms. The fraction of sp³-hybridized carbons (Fsp3) is 0.381. The highest BCUT2D eigenvalue weighted by atomic mass is 35.5. The fourth-order valence-corrected chi connectivity index (χ4v) is 4.47.